The van der Waals surface area contributed by atoms with Crippen LogP contribution in [0.5, 0.6) is 0 Å². The van der Waals surface area contributed by atoms with Gasteiger partial charge in [0.25, 0.3) is 0 Å². The number of hydrogen-bond donors (Lipinski definition) is 0. The minimum atomic E-state index is 0.919. The van der Waals surface area contributed by atoms with Crippen LogP contribution in [-0.4, -0.2) is 23.5 Å². The van der Waals surface area contributed by atoms with E-state index in [2.05, 4.69) is 18.7 Å². The lowest BCUT2D eigenvalue weighted by Crippen LogP contribution is -2.34. The molecule has 2 heterocycles. The van der Waals surface area contributed by atoms with Crippen LogP contribution in [0.1, 0.15) is 33.1 Å². The van der Waals surface area contributed by atoms with Gasteiger partial charge < -0.3 is 0 Å². The predicted octanol–water partition coefficient (Wildman–Crippen LogP) is 2.13. The second-order valence-corrected chi connectivity index (χ2v) is 5.13. The molecule has 0 radical (unpaired) electrons. The van der Waals surface area contributed by atoms with E-state index in [1.54, 1.807) is 0 Å². The topological polar surface area (TPSA) is 3.24 Å². The zero-order valence-electron chi connectivity index (χ0n) is 8.16. The van der Waals surface area contributed by atoms with Gasteiger partial charge in [-0.15, -0.1) is 0 Å². The van der Waals surface area contributed by atoms with Crippen molar-refractivity contribution in [3.63, 3.8) is 0 Å². The van der Waals surface area contributed by atoms with Crippen LogP contribution in [0.3, 0.4) is 0 Å². The molecule has 2 saturated heterocycles. The van der Waals surface area contributed by atoms with E-state index >= 15 is 0 Å². The van der Waals surface area contributed by atoms with Crippen LogP contribution < -0.4 is 0 Å². The minimum absolute atomic E-state index is 0.919. The van der Waals surface area contributed by atoms with Gasteiger partial charge in [-0.25, -0.2) is 0 Å². The van der Waals surface area contributed by atoms with Crippen LogP contribution in [0.25, 0.3) is 0 Å². The summed E-state index contributed by atoms with van der Waals surface area (Å²) < 4.78 is 0. The summed E-state index contributed by atoms with van der Waals surface area (Å²) in [7, 11) is 0. The quantitative estimate of drug-likeness (QED) is 0.531. The van der Waals surface area contributed by atoms with Gasteiger partial charge in [-0.3, -0.25) is 4.90 Å². The third-order valence-corrected chi connectivity index (χ3v) is 4.80. The van der Waals surface area contributed by atoms with Crippen molar-refractivity contribution in [2.24, 2.45) is 17.8 Å². The molecular formula is C11H19N. The Morgan fingerprint density at radius 1 is 1.08 bits per heavy atom. The maximum Gasteiger partial charge on any atom is 0.0132 e. The maximum absolute atomic E-state index is 2.79. The van der Waals surface area contributed by atoms with Crippen LogP contribution in [-0.2, 0) is 0 Å². The molecule has 1 aliphatic carbocycles. The maximum atomic E-state index is 2.79. The molecule has 0 aromatic carbocycles. The Kier molecular flexibility index (Phi) is 1.39. The first kappa shape index (κ1) is 7.37. The molecule has 12 heavy (non-hydrogen) atoms. The van der Waals surface area contributed by atoms with Gasteiger partial charge in [0.05, 0.1) is 0 Å². The first-order valence-corrected chi connectivity index (χ1v) is 5.55. The van der Waals surface area contributed by atoms with Gasteiger partial charge in [0, 0.05) is 12.1 Å². The van der Waals surface area contributed by atoms with Crippen molar-refractivity contribution >= 4 is 0 Å². The summed E-state index contributed by atoms with van der Waals surface area (Å²) in [6.45, 7) is 6.32. The fraction of sp³-hybridized carbons (Fsp3) is 1.00. The Bertz CT molecular complexity index is 199. The molecule has 1 nitrogen and oxygen atoms in total. The molecule has 6 unspecified atom stereocenters. The molecule has 1 heteroatoms. The Balaban J connectivity index is 1.93. The molecule has 3 fully saturated rings. The fourth-order valence-electron chi connectivity index (χ4n) is 4.26. The average Bonchev–Trinajstić information content (AvgIpc) is 2.66. The van der Waals surface area contributed by atoms with E-state index in [-0.39, 0.29) is 0 Å². The van der Waals surface area contributed by atoms with E-state index < -0.39 is 0 Å². The highest BCUT2D eigenvalue weighted by Crippen LogP contribution is 2.52. The highest BCUT2D eigenvalue weighted by atomic mass is 15.3. The molecule has 3 rings (SSSR count). The Morgan fingerprint density at radius 3 is 2.67 bits per heavy atom. The lowest BCUT2D eigenvalue weighted by molar-refractivity contribution is 0.196. The van der Waals surface area contributed by atoms with Gasteiger partial charge in [0.1, 0.15) is 0 Å². The SMILES string of the molecule is CC1CCC2C1C1CCN2C1C. The van der Waals surface area contributed by atoms with E-state index in [4.69, 9.17) is 0 Å². The molecule has 68 valence electrons. The van der Waals surface area contributed by atoms with Crippen molar-refractivity contribution in [2.75, 3.05) is 6.54 Å². The normalized spacial score (nSPS) is 62.5. The summed E-state index contributed by atoms with van der Waals surface area (Å²) in [5, 5.41) is 0. The van der Waals surface area contributed by atoms with E-state index in [1.807, 2.05) is 0 Å². The molecule has 0 aromatic rings. The summed E-state index contributed by atoms with van der Waals surface area (Å²) >= 11 is 0. The summed E-state index contributed by atoms with van der Waals surface area (Å²) in [5.74, 6) is 3.16. The molecule has 6 atom stereocenters. The molecule has 2 aliphatic heterocycles. The van der Waals surface area contributed by atoms with Crippen molar-refractivity contribution in [3.05, 3.63) is 0 Å². The Hall–Kier alpha value is -0.0400. The summed E-state index contributed by atoms with van der Waals surface area (Å²) in [5.41, 5.74) is 0. The van der Waals surface area contributed by atoms with E-state index in [0.29, 0.717) is 0 Å². The van der Waals surface area contributed by atoms with Crippen LogP contribution in [0, 0.1) is 17.8 Å². The lowest BCUT2D eigenvalue weighted by atomic mass is 9.81. The van der Waals surface area contributed by atoms with Crippen LogP contribution >= 0.6 is 0 Å². The second-order valence-electron chi connectivity index (χ2n) is 5.13. The molecular weight excluding hydrogens is 146 g/mol. The van der Waals surface area contributed by atoms with Crippen molar-refractivity contribution in [1.82, 2.24) is 4.90 Å². The van der Waals surface area contributed by atoms with Gasteiger partial charge in [0.15, 0.2) is 0 Å². The van der Waals surface area contributed by atoms with Gasteiger partial charge in [0.2, 0.25) is 0 Å². The molecule has 0 aromatic heterocycles. The number of nitrogens with zero attached hydrogens (tertiary/aromatic N) is 1. The van der Waals surface area contributed by atoms with Crippen molar-refractivity contribution in [2.45, 2.75) is 45.2 Å². The lowest BCUT2D eigenvalue weighted by Gasteiger charge is -2.28. The van der Waals surface area contributed by atoms with Crippen LogP contribution in [0.2, 0.25) is 0 Å². The first-order chi connectivity index (χ1) is 5.79. The predicted molar refractivity (Wildman–Crippen MR) is 50.0 cm³/mol. The Labute approximate surface area is 75.1 Å². The summed E-state index contributed by atoms with van der Waals surface area (Å²) in [6.07, 6.45) is 4.48. The fourth-order valence-corrected chi connectivity index (χ4v) is 4.26. The standard InChI is InChI=1S/C11H19N/c1-7-3-4-10-11(7)9-5-6-12(10)8(9)2/h7-11H,3-6H2,1-2H3. The third kappa shape index (κ3) is 0.693. The van der Waals surface area contributed by atoms with Gasteiger partial charge in [-0.2, -0.15) is 0 Å². The Morgan fingerprint density at radius 2 is 1.92 bits per heavy atom. The summed E-state index contributed by atoms with van der Waals surface area (Å²) in [4.78, 5) is 2.79. The van der Waals surface area contributed by atoms with Crippen molar-refractivity contribution in [3.8, 4) is 0 Å². The number of rotatable bonds is 0. The van der Waals surface area contributed by atoms with Crippen molar-refractivity contribution < 1.29 is 0 Å². The molecule has 0 spiro atoms. The van der Waals surface area contributed by atoms with Gasteiger partial charge in [-0.05, 0) is 50.5 Å². The first-order valence-electron chi connectivity index (χ1n) is 5.55. The van der Waals surface area contributed by atoms with Crippen LogP contribution in [0.15, 0.2) is 0 Å². The highest BCUT2D eigenvalue weighted by molar-refractivity contribution is 5.07. The highest BCUT2D eigenvalue weighted by Gasteiger charge is 2.54. The number of fused-ring (bicyclic) bond motifs is 5. The molecule has 2 bridgehead atoms. The average molecular weight is 165 g/mol. The summed E-state index contributed by atoms with van der Waals surface area (Å²) in [6, 6.07) is 1.91. The number of piperidine rings is 1. The van der Waals surface area contributed by atoms with Gasteiger partial charge >= 0.3 is 0 Å². The zero-order chi connectivity index (χ0) is 8.29. The second kappa shape index (κ2) is 2.25. The van der Waals surface area contributed by atoms with E-state index in [9.17, 15) is 0 Å². The van der Waals surface area contributed by atoms with Gasteiger partial charge in [-0.1, -0.05) is 6.92 Å². The van der Waals surface area contributed by atoms with Crippen LogP contribution in [0.4, 0.5) is 0 Å². The van der Waals surface area contributed by atoms with E-state index in [0.717, 1.165) is 29.8 Å². The smallest absolute Gasteiger partial charge is 0.0132 e. The molecule has 3 aliphatic rings. The largest absolute Gasteiger partial charge is 0.297 e. The van der Waals surface area contributed by atoms with Crippen molar-refractivity contribution in [1.29, 1.82) is 0 Å². The number of hydrogen-bond acceptors (Lipinski definition) is 1. The molecule has 1 saturated carbocycles. The third-order valence-electron chi connectivity index (χ3n) is 4.80. The molecule has 0 amide bonds. The van der Waals surface area contributed by atoms with E-state index in [1.165, 1.54) is 25.8 Å². The zero-order valence-corrected chi connectivity index (χ0v) is 8.16. The monoisotopic (exact) mass is 165 g/mol. The minimum Gasteiger partial charge on any atom is -0.297 e. The molecule has 0 N–H and O–H groups in total.